The first kappa shape index (κ1) is 10.8. The van der Waals surface area contributed by atoms with E-state index in [2.05, 4.69) is 0 Å². The molecule has 0 aliphatic heterocycles. The second-order valence-electron chi connectivity index (χ2n) is 3.14. The molecule has 0 heterocycles. The molecule has 0 fully saturated rings. The molecule has 0 radical (unpaired) electrons. The molecule has 0 aliphatic rings. The summed E-state index contributed by atoms with van der Waals surface area (Å²) in [5, 5.41) is 9.00. The first-order valence-electron chi connectivity index (χ1n) is 3.48. The Morgan fingerprint density at radius 3 is 1.73 bits per heavy atom. The van der Waals surface area contributed by atoms with Gasteiger partial charge in [-0.25, -0.2) is 0 Å². The van der Waals surface area contributed by atoms with E-state index in [1.807, 2.05) is 0 Å². The molecule has 1 N–H and O–H groups in total. The molecule has 0 saturated heterocycles. The van der Waals surface area contributed by atoms with Crippen LogP contribution in [0, 0.1) is 5.41 Å². The molecule has 0 aromatic carbocycles. The molecule has 0 bridgehead atoms. The number of halogens is 3. The van der Waals surface area contributed by atoms with Crippen molar-refractivity contribution in [1.82, 2.24) is 0 Å². The van der Waals surface area contributed by atoms with Crippen molar-refractivity contribution in [3.8, 4) is 0 Å². The van der Waals surface area contributed by atoms with Crippen LogP contribution in [0.1, 0.15) is 27.2 Å². The van der Waals surface area contributed by atoms with Crippen molar-refractivity contribution in [1.29, 1.82) is 0 Å². The van der Waals surface area contributed by atoms with Crippen LogP contribution in [0.2, 0.25) is 0 Å². The van der Waals surface area contributed by atoms with Gasteiger partial charge in [-0.15, -0.1) is 0 Å². The van der Waals surface area contributed by atoms with Gasteiger partial charge in [0.05, 0.1) is 11.5 Å². The Morgan fingerprint density at radius 2 is 1.64 bits per heavy atom. The summed E-state index contributed by atoms with van der Waals surface area (Å²) in [5.74, 6) is 0. The minimum atomic E-state index is -4.33. The first-order chi connectivity index (χ1) is 4.73. The van der Waals surface area contributed by atoms with Crippen LogP contribution in [0.5, 0.6) is 0 Å². The van der Waals surface area contributed by atoms with Crippen molar-refractivity contribution in [3.05, 3.63) is 0 Å². The van der Waals surface area contributed by atoms with E-state index in [4.69, 9.17) is 5.11 Å². The Bertz CT molecular complexity index is 128. The standard InChI is InChI=1S/C7H13F3O/c1-4-5(11)6(2,3)7(8,9)10/h5,11H,4H2,1-3H3. The van der Waals surface area contributed by atoms with E-state index in [-0.39, 0.29) is 6.42 Å². The Balaban J connectivity index is 4.45. The topological polar surface area (TPSA) is 20.2 Å². The molecule has 0 amide bonds. The lowest BCUT2D eigenvalue weighted by atomic mass is 9.84. The first-order valence-corrected chi connectivity index (χ1v) is 3.48. The Labute approximate surface area is 64.2 Å². The number of aliphatic hydroxyl groups excluding tert-OH is 1. The number of alkyl halides is 3. The molecule has 0 aliphatic carbocycles. The third-order valence-electron chi connectivity index (χ3n) is 1.95. The molecule has 0 saturated carbocycles. The monoisotopic (exact) mass is 170 g/mol. The van der Waals surface area contributed by atoms with E-state index in [0.29, 0.717) is 0 Å². The quantitative estimate of drug-likeness (QED) is 0.674. The van der Waals surface area contributed by atoms with Crippen LogP contribution in [0.15, 0.2) is 0 Å². The summed E-state index contributed by atoms with van der Waals surface area (Å²) in [6, 6.07) is 0. The zero-order valence-electron chi connectivity index (χ0n) is 6.87. The molecule has 11 heavy (non-hydrogen) atoms. The molecular formula is C7H13F3O. The van der Waals surface area contributed by atoms with Crippen molar-refractivity contribution >= 4 is 0 Å². The minimum Gasteiger partial charge on any atom is -0.392 e. The van der Waals surface area contributed by atoms with Gasteiger partial charge in [0, 0.05) is 0 Å². The molecule has 1 atom stereocenters. The highest BCUT2D eigenvalue weighted by atomic mass is 19.4. The average molecular weight is 170 g/mol. The lowest BCUT2D eigenvalue weighted by Gasteiger charge is -2.31. The summed E-state index contributed by atoms with van der Waals surface area (Å²) < 4.78 is 36.3. The number of hydrogen-bond donors (Lipinski definition) is 1. The highest BCUT2D eigenvalue weighted by Crippen LogP contribution is 2.41. The van der Waals surface area contributed by atoms with E-state index in [9.17, 15) is 13.2 Å². The Morgan fingerprint density at radius 1 is 1.27 bits per heavy atom. The van der Waals surface area contributed by atoms with Gasteiger partial charge in [-0.3, -0.25) is 0 Å². The fourth-order valence-electron chi connectivity index (χ4n) is 0.699. The van der Waals surface area contributed by atoms with Crippen LogP contribution in [0.3, 0.4) is 0 Å². The second kappa shape index (κ2) is 3.01. The van der Waals surface area contributed by atoms with Crippen molar-refractivity contribution < 1.29 is 18.3 Å². The maximum absolute atomic E-state index is 12.1. The van der Waals surface area contributed by atoms with Crippen LogP contribution in [-0.4, -0.2) is 17.4 Å². The van der Waals surface area contributed by atoms with E-state index in [0.717, 1.165) is 13.8 Å². The summed E-state index contributed by atoms with van der Waals surface area (Å²) >= 11 is 0. The van der Waals surface area contributed by atoms with Crippen LogP contribution in [0.25, 0.3) is 0 Å². The zero-order valence-corrected chi connectivity index (χ0v) is 6.87. The third kappa shape index (κ3) is 2.09. The van der Waals surface area contributed by atoms with Crippen LogP contribution in [-0.2, 0) is 0 Å². The summed E-state index contributed by atoms with van der Waals surface area (Å²) in [6.45, 7) is 3.53. The van der Waals surface area contributed by atoms with Gasteiger partial charge in [0.1, 0.15) is 0 Å². The van der Waals surface area contributed by atoms with Gasteiger partial charge in [-0.05, 0) is 20.3 Å². The number of rotatable bonds is 2. The maximum Gasteiger partial charge on any atom is 0.396 e. The van der Waals surface area contributed by atoms with Gasteiger partial charge in [-0.2, -0.15) is 13.2 Å². The van der Waals surface area contributed by atoms with Crippen LogP contribution < -0.4 is 0 Å². The number of hydrogen-bond acceptors (Lipinski definition) is 1. The Kier molecular flexibility index (Phi) is 2.94. The molecule has 0 aromatic heterocycles. The smallest absolute Gasteiger partial charge is 0.392 e. The summed E-state index contributed by atoms with van der Waals surface area (Å²) in [4.78, 5) is 0. The van der Waals surface area contributed by atoms with E-state index in [1.165, 1.54) is 6.92 Å². The summed E-state index contributed by atoms with van der Waals surface area (Å²) in [5.41, 5.74) is -2.00. The molecule has 0 aromatic rings. The fourth-order valence-corrected chi connectivity index (χ4v) is 0.699. The predicted octanol–water partition coefficient (Wildman–Crippen LogP) is 2.35. The molecule has 68 valence electrons. The van der Waals surface area contributed by atoms with Crippen molar-refractivity contribution in [2.75, 3.05) is 0 Å². The molecule has 0 rings (SSSR count). The fraction of sp³-hybridized carbons (Fsp3) is 1.00. The molecular weight excluding hydrogens is 157 g/mol. The van der Waals surface area contributed by atoms with Gasteiger partial charge in [0.2, 0.25) is 0 Å². The minimum absolute atomic E-state index is 0.118. The van der Waals surface area contributed by atoms with E-state index in [1.54, 1.807) is 0 Å². The maximum atomic E-state index is 12.1. The third-order valence-corrected chi connectivity index (χ3v) is 1.95. The van der Waals surface area contributed by atoms with Gasteiger partial charge >= 0.3 is 6.18 Å². The largest absolute Gasteiger partial charge is 0.396 e. The Hall–Kier alpha value is -0.250. The van der Waals surface area contributed by atoms with Gasteiger partial charge < -0.3 is 5.11 Å². The van der Waals surface area contributed by atoms with E-state index < -0.39 is 17.7 Å². The zero-order chi connectivity index (χ0) is 9.28. The van der Waals surface area contributed by atoms with Crippen molar-refractivity contribution in [2.24, 2.45) is 5.41 Å². The summed E-state index contributed by atoms with van der Waals surface area (Å²) in [6.07, 6.45) is -5.53. The highest BCUT2D eigenvalue weighted by Gasteiger charge is 2.51. The van der Waals surface area contributed by atoms with Gasteiger partial charge in [0.25, 0.3) is 0 Å². The van der Waals surface area contributed by atoms with Gasteiger partial charge in [-0.1, -0.05) is 6.92 Å². The van der Waals surface area contributed by atoms with E-state index >= 15 is 0 Å². The predicted molar refractivity (Wildman–Crippen MR) is 36.1 cm³/mol. The number of aliphatic hydroxyl groups is 1. The highest BCUT2D eigenvalue weighted by molar-refractivity contribution is 4.83. The van der Waals surface area contributed by atoms with Crippen molar-refractivity contribution in [2.45, 2.75) is 39.5 Å². The van der Waals surface area contributed by atoms with Gasteiger partial charge in [0.15, 0.2) is 0 Å². The molecule has 4 heteroatoms. The second-order valence-corrected chi connectivity index (χ2v) is 3.14. The molecule has 0 spiro atoms. The lowest BCUT2D eigenvalue weighted by Crippen LogP contribution is -2.42. The van der Waals surface area contributed by atoms with Crippen LogP contribution >= 0.6 is 0 Å². The van der Waals surface area contributed by atoms with Crippen LogP contribution in [0.4, 0.5) is 13.2 Å². The molecule has 1 unspecified atom stereocenters. The lowest BCUT2D eigenvalue weighted by molar-refractivity contribution is -0.241. The average Bonchev–Trinajstić information content (AvgIpc) is 1.83. The normalized spacial score (nSPS) is 16.6. The SMILES string of the molecule is CCC(O)C(C)(C)C(F)(F)F. The molecule has 1 nitrogen and oxygen atoms in total. The van der Waals surface area contributed by atoms with Crippen molar-refractivity contribution in [3.63, 3.8) is 0 Å². The summed E-state index contributed by atoms with van der Waals surface area (Å²) in [7, 11) is 0.